The SMILES string of the molecule is C[Si](C)(C[Si]1(C)O[Si](C)(C[Si](C)(C)O[Si](c2ccccc2)(c2ccccc2)c2ccccc2)O[Si](C)(C[Si](C)(C)O[Si](c2ccccc2)(c2ccccc2)c2ccccc2)O[Si](C)(C[Si](C)(C)O[Si](c2ccccc2)(c2ccccc2)c2ccccc2)O1)O[Si](c1ccccc1)(c1ccccc1)c1ccccc1. The quantitative estimate of drug-likeness (QED) is 0.0355. The lowest BCUT2D eigenvalue weighted by molar-refractivity contribution is 0.230. The average molecular weight is 1630 g/mol. The van der Waals surface area contributed by atoms with Gasteiger partial charge in [0, 0.05) is 22.7 Å². The maximum Gasteiger partial charge on any atom is 0.316 e. The monoisotopic (exact) mass is 1620 g/mol. The number of hydrogen-bond acceptors (Lipinski definition) is 8. The van der Waals surface area contributed by atoms with E-state index in [4.69, 9.17) is 32.9 Å². The van der Waals surface area contributed by atoms with E-state index in [1.807, 2.05) is 0 Å². The summed E-state index contributed by atoms with van der Waals surface area (Å²) in [5, 5.41) is 14.3. The van der Waals surface area contributed by atoms with E-state index in [2.05, 4.69) is 443 Å². The highest BCUT2D eigenvalue weighted by atomic mass is 28.6. The van der Waals surface area contributed by atoms with Gasteiger partial charge >= 0.3 is 34.2 Å². The molecular formula is C88H104O8Si12. The number of benzene rings is 12. The van der Waals surface area contributed by atoms with Crippen molar-refractivity contribution in [1.29, 1.82) is 0 Å². The largest absolute Gasteiger partial charge is 0.446 e. The van der Waals surface area contributed by atoms with Crippen LogP contribution in [0.2, 0.25) is 101 Å². The van der Waals surface area contributed by atoms with Crippen LogP contribution in [-0.2, 0) is 32.9 Å². The van der Waals surface area contributed by atoms with Crippen molar-refractivity contribution in [1.82, 2.24) is 0 Å². The molecule has 12 aromatic carbocycles. The molecule has 552 valence electrons. The lowest BCUT2D eigenvalue weighted by Gasteiger charge is -2.54. The standard InChI is InChI=1S/C88H104O8Si12/c1-97(2,89-105(77-49-25-13-26-50-77,78-51-27-14-28-52-78)79-53-29-15-30-54-79)73-101(9)93-102(10,74-98(3,4)90-106(80-55-31-16-32-56-80,81-57-33-17-34-58-81)82-59-35-18-36-60-82)95-104(12,76-100(7,8)92-108(86-67-43-22-44-68-86,87-69-45-23-46-70-87)88-71-47-24-48-72-88)96-103(11,94-101)75-99(5,6)91-107(83-61-37-19-38-62-83,84-63-39-20-40-64-84)85-65-41-21-42-66-85/h13-72H,73-76H2,1-12H3. The second-order valence-corrected chi connectivity index (χ2v) is 79.9. The highest BCUT2D eigenvalue weighted by Gasteiger charge is 2.65. The zero-order valence-corrected chi connectivity index (χ0v) is 76.7. The molecule has 0 N–H and O–H groups in total. The number of rotatable bonds is 28. The fourth-order valence-corrected chi connectivity index (χ4v) is 102. The molecule has 108 heavy (non-hydrogen) atoms. The molecule has 1 aliphatic heterocycles. The molecule has 0 atom stereocenters. The zero-order chi connectivity index (χ0) is 75.8. The Bertz CT molecular complexity index is 3820. The van der Waals surface area contributed by atoms with E-state index in [1.54, 1.807) is 0 Å². The minimum absolute atomic E-state index is 0.583. The fraction of sp³-hybridized carbons (Fsp3) is 0.182. The molecule has 0 bridgehead atoms. The second kappa shape index (κ2) is 32.7. The summed E-state index contributed by atoms with van der Waals surface area (Å²) in [5.41, 5.74) is 2.33. The first-order chi connectivity index (χ1) is 51.7. The molecule has 0 spiro atoms. The summed E-state index contributed by atoms with van der Waals surface area (Å²) >= 11 is 0. The van der Waals surface area contributed by atoms with Crippen molar-refractivity contribution >= 4 is 163 Å². The van der Waals surface area contributed by atoms with Crippen molar-refractivity contribution in [2.75, 3.05) is 0 Å². The van der Waals surface area contributed by atoms with E-state index in [0.29, 0.717) is 22.7 Å². The fourth-order valence-electron chi connectivity index (χ4n) is 17.9. The van der Waals surface area contributed by atoms with Gasteiger partial charge in [-0.15, -0.1) is 0 Å². The third kappa shape index (κ3) is 17.5. The first-order valence-corrected chi connectivity index (χ1v) is 68.2. The van der Waals surface area contributed by atoms with Crippen molar-refractivity contribution in [3.05, 3.63) is 364 Å². The molecule has 1 heterocycles. The summed E-state index contributed by atoms with van der Waals surface area (Å²) in [6.07, 6.45) is 0. The molecule has 0 radical (unpaired) electrons. The van der Waals surface area contributed by atoms with Crippen LogP contribution in [0.15, 0.2) is 364 Å². The Hall–Kier alpha value is -7.08. The van der Waals surface area contributed by atoms with Crippen LogP contribution in [0.1, 0.15) is 0 Å². The van der Waals surface area contributed by atoms with Crippen molar-refractivity contribution in [2.45, 2.75) is 101 Å². The minimum Gasteiger partial charge on any atom is -0.446 e. The third-order valence-corrected chi connectivity index (χ3v) is 85.8. The Labute approximate surface area is 655 Å². The summed E-state index contributed by atoms with van der Waals surface area (Å²) in [6.45, 7) is 28.8. The van der Waals surface area contributed by atoms with Crippen LogP contribution in [0.4, 0.5) is 0 Å². The van der Waals surface area contributed by atoms with Gasteiger partial charge in [-0.05, 0) is 141 Å². The second-order valence-electron chi connectivity index (χ2n) is 32.2. The molecule has 1 fully saturated rings. The van der Waals surface area contributed by atoms with Gasteiger partial charge in [-0.2, -0.15) is 0 Å². The van der Waals surface area contributed by atoms with Crippen molar-refractivity contribution < 1.29 is 32.9 Å². The third-order valence-electron chi connectivity index (χ3n) is 20.6. The molecule has 0 aliphatic carbocycles. The molecule has 13 rings (SSSR count). The van der Waals surface area contributed by atoms with E-state index < -0.39 is 101 Å². The molecule has 0 amide bonds. The Morgan fingerprint density at radius 3 is 0.361 bits per heavy atom. The smallest absolute Gasteiger partial charge is 0.316 e. The molecule has 8 nitrogen and oxygen atoms in total. The van der Waals surface area contributed by atoms with Gasteiger partial charge in [-0.1, -0.05) is 364 Å². The lowest BCUT2D eigenvalue weighted by Crippen LogP contribution is -2.76. The van der Waals surface area contributed by atoms with Gasteiger partial charge in [0.25, 0.3) is 33.3 Å². The highest BCUT2D eigenvalue weighted by Crippen LogP contribution is 2.44. The maximum atomic E-state index is 8.77. The van der Waals surface area contributed by atoms with Crippen molar-refractivity contribution in [2.24, 2.45) is 0 Å². The Balaban J connectivity index is 1.01. The van der Waals surface area contributed by atoms with Gasteiger partial charge in [0.05, 0.1) is 0 Å². The normalized spacial score (nSPS) is 19.2. The lowest BCUT2D eigenvalue weighted by atomic mass is 10.3. The van der Waals surface area contributed by atoms with Crippen LogP contribution in [0.25, 0.3) is 0 Å². The molecule has 0 saturated carbocycles. The molecule has 1 aliphatic rings. The van der Waals surface area contributed by atoms with E-state index in [9.17, 15) is 0 Å². The van der Waals surface area contributed by atoms with Gasteiger partial charge in [-0.3, -0.25) is 0 Å². The van der Waals surface area contributed by atoms with E-state index in [1.165, 1.54) is 62.2 Å². The minimum atomic E-state index is -3.72. The Kier molecular flexibility index (Phi) is 23.9. The van der Waals surface area contributed by atoms with E-state index in [0.717, 1.165) is 0 Å². The van der Waals surface area contributed by atoms with Crippen LogP contribution >= 0.6 is 0 Å². The predicted octanol–water partition coefficient (Wildman–Crippen LogP) is 14.1. The first kappa shape index (κ1) is 79.0. The molecule has 1 saturated heterocycles. The first-order valence-electron chi connectivity index (χ1n) is 38.0. The molecule has 0 aromatic heterocycles. The molecular weight excluding hydrogens is 1520 g/mol. The Morgan fingerprint density at radius 1 is 0.176 bits per heavy atom. The van der Waals surface area contributed by atoms with Gasteiger partial charge < -0.3 is 32.9 Å². The van der Waals surface area contributed by atoms with Gasteiger partial charge in [-0.25, -0.2) is 0 Å². The van der Waals surface area contributed by atoms with Crippen LogP contribution in [0.3, 0.4) is 0 Å². The number of hydrogen-bond donors (Lipinski definition) is 0. The molecule has 0 unspecified atom stereocenters. The summed E-state index contributed by atoms with van der Waals surface area (Å²) in [5.74, 6) is 0. The summed E-state index contributed by atoms with van der Waals surface area (Å²) in [7, 11) is -40.5. The maximum absolute atomic E-state index is 8.77. The van der Waals surface area contributed by atoms with Crippen molar-refractivity contribution in [3.63, 3.8) is 0 Å². The van der Waals surface area contributed by atoms with Crippen LogP contribution in [0, 0.1) is 0 Å². The van der Waals surface area contributed by atoms with Crippen molar-refractivity contribution in [3.8, 4) is 0 Å². The zero-order valence-electron chi connectivity index (χ0n) is 64.7. The molecule has 12 aromatic rings. The summed E-state index contributed by atoms with van der Waals surface area (Å²) in [6, 6.07) is 132. The van der Waals surface area contributed by atoms with Gasteiger partial charge in [0.2, 0.25) is 0 Å². The van der Waals surface area contributed by atoms with E-state index in [-0.39, 0.29) is 0 Å². The highest BCUT2D eigenvalue weighted by molar-refractivity contribution is 7.16. The van der Waals surface area contributed by atoms with Crippen LogP contribution in [-0.4, -0.2) is 101 Å². The summed E-state index contributed by atoms with van der Waals surface area (Å²) < 4.78 is 69.2. The van der Waals surface area contributed by atoms with E-state index >= 15 is 0 Å². The van der Waals surface area contributed by atoms with Gasteiger partial charge in [0.15, 0.2) is 33.3 Å². The topological polar surface area (TPSA) is 73.8 Å². The summed E-state index contributed by atoms with van der Waals surface area (Å²) in [4.78, 5) is 0. The van der Waals surface area contributed by atoms with Crippen LogP contribution < -0.4 is 62.2 Å². The predicted molar refractivity (Wildman–Crippen MR) is 480 cm³/mol. The van der Waals surface area contributed by atoms with Gasteiger partial charge in [0.1, 0.15) is 0 Å². The molecule has 20 heteroatoms. The Morgan fingerprint density at radius 2 is 0.269 bits per heavy atom. The van der Waals surface area contributed by atoms with Crippen LogP contribution in [0.5, 0.6) is 0 Å². The average Bonchev–Trinajstić information content (AvgIpc) is 0.796.